The molecule has 1 atom stereocenters. The van der Waals surface area contributed by atoms with Crippen molar-refractivity contribution in [2.24, 2.45) is 0 Å². The highest BCUT2D eigenvalue weighted by atomic mass is 79.9. The number of carbonyl (C=O) groups excluding carboxylic acids is 1. The molecule has 2 heterocycles. The van der Waals surface area contributed by atoms with E-state index in [0.29, 0.717) is 6.54 Å². The minimum Gasteiger partial charge on any atom is -0.358 e. The van der Waals surface area contributed by atoms with Gasteiger partial charge in [-0.05, 0) is 28.9 Å². The summed E-state index contributed by atoms with van der Waals surface area (Å²) in [6, 6.07) is 1.72. The number of nitrogens with zero attached hydrogens (tertiary/aromatic N) is 1. The minimum atomic E-state index is -0.232. The number of carbonyl (C=O) groups is 1. The summed E-state index contributed by atoms with van der Waals surface area (Å²) in [7, 11) is 0. The Hall–Kier alpha value is -1.10. The summed E-state index contributed by atoms with van der Waals surface area (Å²) in [6.07, 6.45) is 1.72. The quantitative estimate of drug-likeness (QED) is 0.735. The van der Waals surface area contributed by atoms with Crippen molar-refractivity contribution in [2.75, 3.05) is 5.32 Å². The first-order valence-electron chi connectivity index (χ1n) is 4.35. The summed E-state index contributed by atoms with van der Waals surface area (Å²) < 4.78 is 0.918. The highest BCUT2D eigenvalue weighted by molar-refractivity contribution is 9.10. The molecule has 0 saturated heterocycles. The molecule has 0 fully saturated rings. The first kappa shape index (κ1) is 9.45. The molecule has 1 aliphatic heterocycles. The average Bonchev–Trinajstić information content (AvgIpc) is 2.29. The van der Waals surface area contributed by atoms with Crippen LogP contribution in [-0.2, 0) is 11.3 Å². The summed E-state index contributed by atoms with van der Waals surface area (Å²) in [4.78, 5) is 15.6. The highest BCUT2D eigenvalue weighted by Crippen LogP contribution is 2.20. The van der Waals surface area contributed by atoms with Crippen molar-refractivity contribution in [3.63, 3.8) is 0 Å². The van der Waals surface area contributed by atoms with Gasteiger partial charge in [-0.2, -0.15) is 0 Å². The van der Waals surface area contributed by atoms with Gasteiger partial charge < -0.3 is 10.6 Å². The Morgan fingerprint density at radius 2 is 2.43 bits per heavy atom. The lowest BCUT2D eigenvalue weighted by molar-refractivity contribution is -0.121. The zero-order valence-electron chi connectivity index (χ0n) is 7.67. The molecule has 14 heavy (non-hydrogen) atoms. The monoisotopic (exact) mass is 255 g/mol. The second kappa shape index (κ2) is 3.57. The number of fused-ring (bicyclic) bond motifs is 1. The summed E-state index contributed by atoms with van der Waals surface area (Å²) in [6.45, 7) is 2.34. The molecule has 0 radical (unpaired) electrons. The predicted octanol–water partition coefficient (Wildman–Crippen LogP) is 1.27. The number of anilines is 1. The molecule has 0 aliphatic carbocycles. The Morgan fingerprint density at radius 3 is 3.21 bits per heavy atom. The van der Waals surface area contributed by atoms with Crippen LogP contribution in [-0.4, -0.2) is 16.9 Å². The SMILES string of the molecule is CC1Nc2ncc(Br)cc2CNC1=O. The molecule has 0 bridgehead atoms. The van der Waals surface area contributed by atoms with Gasteiger partial charge in [-0.1, -0.05) is 0 Å². The maximum Gasteiger partial charge on any atom is 0.242 e. The molecule has 1 amide bonds. The first-order valence-corrected chi connectivity index (χ1v) is 5.15. The number of hydrogen-bond acceptors (Lipinski definition) is 3. The van der Waals surface area contributed by atoms with Gasteiger partial charge in [-0.25, -0.2) is 4.98 Å². The van der Waals surface area contributed by atoms with E-state index in [2.05, 4.69) is 31.5 Å². The van der Waals surface area contributed by atoms with Crippen molar-refractivity contribution < 1.29 is 4.79 Å². The Balaban J connectivity index is 2.37. The van der Waals surface area contributed by atoms with Crippen molar-refractivity contribution in [2.45, 2.75) is 19.5 Å². The third-order valence-corrected chi connectivity index (χ3v) is 2.57. The van der Waals surface area contributed by atoms with Crippen molar-refractivity contribution in [3.05, 3.63) is 22.3 Å². The molecule has 0 aromatic carbocycles. The van der Waals surface area contributed by atoms with E-state index in [9.17, 15) is 4.79 Å². The third-order valence-electron chi connectivity index (χ3n) is 2.13. The Labute approximate surface area is 90.2 Å². The predicted molar refractivity (Wildman–Crippen MR) is 56.9 cm³/mol. The number of hydrogen-bond donors (Lipinski definition) is 2. The Kier molecular flexibility index (Phi) is 2.41. The molecule has 1 aromatic rings. The number of pyridine rings is 1. The number of nitrogens with one attached hydrogen (secondary N) is 2. The second-order valence-corrected chi connectivity index (χ2v) is 4.16. The van der Waals surface area contributed by atoms with Crippen LogP contribution in [0, 0.1) is 0 Å². The van der Waals surface area contributed by atoms with Crippen LogP contribution in [0.15, 0.2) is 16.7 Å². The van der Waals surface area contributed by atoms with Gasteiger partial charge in [0.2, 0.25) is 5.91 Å². The van der Waals surface area contributed by atoms with E-state index < -0.39 is 0 Å². The topological polar surface area (TPSA) is 54.0 Å². The van der Waals surface area contributed by atoms with E-state index in [1.807, 2.05) is 13.0 Å². The van der Waals surface area contributed by atoms with Gasteiger partial charge in [-0.3, -0.25) is 4.79 Å². The molecule has 0 spiro atoms. The summed E-state index contributed by atoms with van der Waals surface area (Å²) in [5.74, 6) is 0.776. The lowest BCUT2D eigenvalue weighted by atomic mass is 10.2. The van der Waals surface area contributed by atoms with Crippen LogP contribution >= 0.6 is 15.9 Å². The van der Waals surface area contributed by atoms with Crippen LogP contribution in [0.5, 0.6) is 0 Å². The van der Waals surface area contributed by atoms with Crippen LogP contribution < -0.4 is 10.6 Å². The standard InChI is InChI=1S/C9H10BrN3O/c1-5-9(14)12-3-6-2-7(10)4-11-8(6)13-5/h2,4-5H,3H2,1H3,(H,11,13)(H,12,14). The molecule has 1 unspecified atom stereocenters. The molecule has 1 aromatic heterocycles. The molecule has 2 rings (SSSR count). The first-order chi connectivity index (χ1) is 6.66. The molecule has 0 saturated carbocycles. The van der Waals surface area contributed by atoms with Gasteiger partial charge in [-0.15, -0.1) is 0 Å². The summed E-state index contributed by atoms with van der Waals surface area (Å²) in [5, 5.41) is 5.87. The van der Waals surface area contributed by atoms with Gasteiger partial charge >= 0.3 is 0 Å². The van der Waals surface area contributed by atoms with Crippen LogP contribution in [0.25, 0.3) is 0 Å². The normalized spacial score (nSPS) is 20.4. The van der Waals surface area contributed by atoms with Crippen molar-refractivity contribution in [3.8, 4) is 0 Å². The fourth-order valence-corrected chi connectivity index (χ4v) is 1.73. The van der Waals surface area contributed by atoms with Gasteiger partial charge in [0.25, 0.3) is 0 Å². The Morgan fingerprint density at radius 1 is 1.64 bits per heavy atom. The lowest BCUT2D eigenvalue weighted by Gasteiger charge is -2.09. The molecule has 5 heteroatoms. The van der Waals surface area contributed by atoms with Gasteiger partial charge in [0.05, 0.1) is 0 Å². The summed E-state index contributed by atoms with van der Waals surface area (Å²) in [5.41, 5.74) is 0.997. The van der Waals surface area contributed by atoms with Gasteiger partial charge in [0.1, 0.15) is 11.9 Å². The van der Waals surface area contributed by atoms with E-state index in [-0.39, 0.29) is 11.9 Å². The zero-order valence-corrected chi connectivity index (χ0v) is 9.26. The fraction of sp³-hybridized carbons (Fsp3) is 0.333. The highest BCUT2D eigenvalue weighted by Gasteiger charge is 2.19. The van der Waals surface area contributed by atoms with E-state index in [1.165, 1.54) is 0 Å². The smallest absolute Gasteiger partial charge is 0.242 e. The maximum atomic E-state index is 11.4. The van der Waals surface area contributed by atoms with E-state index in [0.717, 1.165) is 15.9 Å². The van der Waals surface area contributed by atoms with Crippen molar-refractivity contribution in [1.29, 1.82) is 0 Å². The fourth-order valence-electron chi connectivity index (χ4n) is 1.35. The van der Waals surface area contributed by atoms with Crippen molar-refractivity contribution in [1.82, 2.24) is 10.3 Å². The number of amides is 1. The third kappa shape index (κ3) is 1.72. The average molecular weight is 256 g/mol. The molecule has 74 valence electrons. The van der Waals surface area contributed by atoms with E-state index >= 15 is 0 Å². The molecular weight excluding hydrogens is 246 g/mol. The van der Waals surface area contributed by atoms with E-state index in [4.69, 9.17) is 0 Å². The van der Waals surface area contributed by atoms with E-state index in [1.54, 1.807) is 6.20 Å². The van der Waals surface area contributed by atoms with Gasteiger partial charge in [0, 0.05) is 22.8 Å². The number of halogens is 1. The van der Waals surface area contributed by atoms with Crippen LogP contribution in [0.4, 0.5) is 5.82 Å². The second-order valence-electron chi connectivity index (χ2n) is 3.25. The number of rotatable bonds is 0. The van der Waals surface area contributed by atoms with Crippen LogP contribution in [0.2, 0.25) is 0 Å². The van der Waals surface area contributed by atoms with Gasteiger partial charge in [0.15, 0.2) is 0 Å². The zero-order chi connectivity index (χ0) is 10.1. The Bertz CT molecular complexity index is 380. The molecule has 4 nitrogen and oxygen atoms in total. The lowest BCUT2D eigenvalue weighted by Crippen LogP contribution is -2.34. The molecule has 2 N–H and O–H groups in total. The minimum absolute atomic E-state index is 0.000813. The van der Waals surface area contributed by atoms with Crippen molar-refractivity contribution >= 4 is 27.7 Å². The maximum absolute atomic E-state index is 11.4. The molecular formula is C9H10BrN3O. The largest absolute Gasteiger partial charge is 0.358 e. The van der Waals surface area contributed by atoms with Crippen LogP contribution in [0.3, 0.4) is 0 Å². The number of aromatic nitrogens is 1. The summed E-state index contributed by atoms with van der Waals surface area (Å²) >= 11 is 3.34. The molecule has 1 aliphatic rings. The van der Waals surface area contributed by atoms with Crippen LogP contribution in [0.1, 0.15) is 12.5 Å².